The van der Waals surface area contributed by atoms with Crippen molar-refractivity contribution in [2.75, 3.05) is 19.7 Å². The van der Waals surface area contributed by atoms with E-state index >= 15 is 0 Å². The largest absolute Gasteiger partial charge is 0.392 e. The highest BCUT2D eigenvalue weighted by atomic mass is 16.5. The Morgan fingerprint density at radius 1 is 1.03 bits per heavy atom. The lowest BCUT2D eigenvalue weighted by molar-refractivity contribution is -0.140. The van der Waals surface area contributed by atoms with Gasteiger partial charge in [0.25, 0.3) is 0 Å². The van der Waals surface area contributed by atoms with Gasteiger partial charge in [0, 0.05) is 19.3 Å². The summed E-state index contributed by atoms with van der Waals surface area (Å²) in [6.07, 6.45) is 4.91. The van der Waals surface area contributed by atoms with Crippen LogP contribution in [0.3, 0.4) is 0 Å². The molecule has 1 amide bonds. The van der Waals surface area contributed by atoms with Crippen molar-refractivity contribution in [1.82, 2.24) is 14.7 Å². The minimum Gasteiger partial charge on any atom is -0.392 e. The predicted octanol–water partition coefficient (Wildman–Crippen LogP) is 3.00. The summed E-state index contributed by atoms with van der Waals surface area (Å²) in [5.74, 6) is 0.137. The second kappa shape index (κ2) is 8.29. The molecule has 6 nitrogen and oxygen atoms in total. The Hall–Kier alpha value is -2.96. The van der Waals surface area contributed by atoms with Crippen LogP contribution in [0.5, 0.6) is 0 Å². The van der Waals surface area contributed by atoms with Crippen molar-refractivity contribution in [2.45, 2.75) is 37.9 Å². The second-order valence-corrected chi connectivity index (χ2v) is 8.41. The van der Waals surface area contributed by atoms with Crippen LogP contribution >= 0.6 is 0 Å². The first-order chi connectivity index (χ1) is 15.2. The summed E-state index contributed by atoms with van der Waals surface area (Å²) < 4.78 is 8.27. The molecule has 1 aromatic heterocycles. The first-order valence-corrected chi connectivity index (χ1v) is 10.9. The molecule has 1 N–H and O–H groups in total. The zero-order valence-corrected chi connectivity index (χ0v) is 17.5. The van der Waals surface area contributed by atoms with Gasteiger partial charge in [0.1, 0.15) is 5.60 Å². The van der Waals surface area contributed by atoms with Gasteiger partial charge in [-0.1, -0.05) is 42.5 Å². The van der Waals surface area contributed by atoms with E-state index in [0.717, 1.165) is 41.8 Å². The molecule has 0 aliphatic carbocycles. The van der Waals surface area contributed by atoms with E-state index in [4.69, 9.17) is 9.84 Å². The van der Waals surface area contributed by atoms with Crippen molar-refractivity contribution in [3.8, 4) is 5.69 Å². The maximum atomic E-state index is 12.8. The van der Waals surface area contributed by atoms with Crippen LogP contribution in [0.2, 0.25) is 0 Å². The first-order valence-electron chi connectivity index (χ1n) is 10.9. The van der Waals surface area contributed by atoms with Crippen LogP contribution < -0.4 is 0 Å². The molecule has 5 rings (SSSR count). The SMILES string of the molecule is O=C(Cc1ccc(CO)cc1)N1CCC2(CC1)OCCc1cn(-c3ccccc3)nc12. The monoisotopic (exact) mass is 417 g/mol. The van der Waals surface area contributed by atoms with Gasteiger partial charge in [0.05, 0.1) is 31.0 Å². The van der Waals surface area contributed by atoms with Crippen LogP contribution in [0.15, 0.2) is 60.8 Å². The number of para-hydroxylation sites is 1. The Kier molecular flexibility index (Phi) is 5.34. The number of carbonyl (C=O) groups is 1. The van der Waals surface area contributed by atoms with Gasteiger partial charge in [-0.05, 0) is 48.1 Å². The number of aliphatic hydroxyl groups excluding tert-OH is 1. The molecule has 3 aromatic rings. The third-order valence-corrected chi connectivity index (χ3v) is 6.48. The fraction of sp³-hybridized carbons (Fsp3) is 0.360. The number of aliphatic hydroxyl groups is 1. The molecule has 0 unspecified atom stereocenters. The lowest BCUT2D eigenvalue weighted by Gasteiger charge is -2.43. The molecule has 160 valence electrons. The summed E-state index contributed by atoms with van der Waals surface area (Å²) in [5.41, 5.74) is 4.77. The van der Waals surface area contributed by atoms with Gasteiger partial charge in [0.2, 0.25) is 5.91 Å². The second-order valence-electron chi connectivity index (χ2n) is 8.41. The summed E-state index contributed by atoms with van der Waals surface area (Å²) in [6, 6.07) is 17.7. The maximum Gasteiger partial charge on any atom is 0.226 e. The summed E-state index contributed by atoms with van der Waals surface area (Å²) in [5, 5.41) is 14.1. The number of hydrogen-bond acceptors (Lipinski definition) is 4. The highest BCUT2D eigenvalue weighted by molar-refractivity contribution is 5.79. The molecular weight excluding hydrogens is 390 g/mol. The maximum absolute atomic E-state index is 12.8. The Balaban J connectivity index is 1.29. The summed E-state index contributed by atoms with van der Waals surface area (Å²) in [6.45, 7) is 2.06. The lowest BCUT2D eigenvalue weighted by Crippen LogP contribution is -2.48. The highest BCUT2D eigenvalue weighted by Gasteiger charge is 2.44. The van der Waals surface area contributed by atoms with Crippen LogP contribution in [0.4, 0.5) is 0 Å². The zero-order valence-electron chi connectivity index (χ0n) is 17.5. The Morgan fingerprint density at radius 2 is 1.74 bits per heavy atom. The first kappa shape index (κ1) is 20.0. The smallest absolute Gasteiger partial charge is 0.226 e. The number of likely N-dealkylation sites (tertiary alicyclic amines) is 1. The third-order valence-electron chi connectivity index (χ3n) is 6.48. The van der Waals surface area contributed by atoms with E-state index in [2.05, 4.69) is 18.3 Å². The summed E-state index contributed by atoms with van der Waals surface area (Å²) in [7, 11) is 0. The molecule has 6 heteroatoms. The molecular formula is C25H27N3O3. The van der Waals surface area contributed by atoms with Crippen LogP contribution in [-0.2, 0) is 34.6 Å². The molecule has 31 heavy (non-hydrogen) atoms. The molecule has 2 aliphatic heterocycles. The zero-order chi connectivity index (χ0) is 21.3. The quantitative estimate of drug-likeness (QED) is 0.709. The standard InChI is InChI=1S/C25H27N3O3/c29-18-20-8-6-19(7-9-20)16-23(30)27-13-11-25(12-14-27)24-21(10-15-31-25)17-28(26-24)22-4-2-1-3-5-22/h1-9,17,29H,10-16,18H2. The van der Waals surface area contributed by atoms with Gasteiger partial charge in [0.15, 0.2) is 0 Å². The van der Waals surface area contributed by atoms with E-state index in [1.165, 1.54) is 5.56 Å². The van der Waals surface area contributed by atoms with Crippen molar-refractivity contribution in [3.63, 3.8) is 0 Å². The van der Waals surface area contributed by atoms with Gasteiger partial charge in [-0.25, -0.2) is 4.68 Å². The fourth-order valence-electron chi connectivity index (χ4n) is 4.66. The summed E-state index contributed by atoms with van der Waals surface area (Å²) in [4.78, 5) is 14.8. The average molecular weight is 418 g/mol. The Bertz CT molecular complexity index is 1050. The Labute approximate surface area is 182 Å². The minimum atomic E-state index is -0.396. The number of piperidine rings is 1. The molecule has 2 aliphatic rings. The predicted molar refractivity (Wildman–Crippen MR) is 117 cm³/mol. The molecule has 1 saturated heterocycles. The molecule has 0 radical (unpaired) electrons. The highest BCUT2D eigenvalue weighted by Crippen LogP contribution is 2.41. The van der Waals surface area contributed by atoms with E-state index in [0.29, 0.717) is 26.1 Å². The normalized spacial score (nSPS) is 17.5. The molecule has 1 fully saturated rings. The van der Waals surface area contributed by atoms with E-state index in [-0.39, 0.29) is 12.5 Å². The van der Waals surface area contributed by atoms with Crippen LogP contribution in [-0.4, -0.2) is 45.4 Å². The molecule has 0 bridgehead atoms. The van der Waals surface area contributed by atoms with Crippen molar-refractivity contribution < 1.29 is 14.6 Å². The number of ether oxygens (including phenoxy) is 1. The number of fused-ring (bicyclic) bond motifs is 2. The number of amides is 1. The van der Waals surface area contributed by atoms with Crippen molar-refractivity contribution in [2.24, 2.45) is 0 Å². The fourth-order valence-corrected chi connectivity index (χ4v) is 4.66. The van der Waals surface area contributed by atoms with Crippen LogP contribution in [0.25, 0.3) is 5.69 Å². The lowest BCUT2D eigenvalue weighted by atomic mass is 9.83. The molecule has 1 spiro atoms. The van der Waals surface area contributed by atoms with E-state index in [1.807, 2.05) is 52.0 Å². The van der Waals surface area contributed by atoms with Crippen LogP contribution in [0, 0.1) is 0 Å². The summed E-state index contributed by atoms with van der Waals surface area (Å²) >= 11 is 0. The van der Waals surface area contributed by atoms with Gasteiger partial charge >= 0.3 is 0 Å². The number of aromatic nitrogens is 2. The van der Waals surface area contributed by atoms with Gasteiger partial charge in [-0.3, -0.25) is 4.79 Å². The Morgan fingerprint density at radius 3 is 2.45 bits per heavy atom. The van der Waals surface area contributed by atoms with Gasteiger partial charge < -0.3 is 14.7 Å². The average Bonchev–Trinajstić information content (AvgIpc) is 3.27. The van der Waals surface area contributed by atoms with Gasteiger partial charge in [-0.15, -0.1) is 0 Å². The van der Waals surface area contributed by atoms with Crippen molar-refractivity contribution in [1.29, 1.82) is 0 Å². The van der Waals surface area contributed by atoms with E-state index in [1.54, 1.807) is 0 Å². The van der Waals surface area contributed by atoms with E-state index in [9.17, 15) is 9.90 Å². The van der Waals surface area contributed by atoms with Crippen molar-refractivity contribution >= 4 is 5.91 Å². The van der Waals surface area contributed by atoms with E-state index < -0.39 is 5.60 Å². The van der Waals surface area contributed by atoms with Gasteiger partial charge in [-0.2, -0.15) is 5.10 Å². The van der Waals surface area contributed by atoms with Crippen LogP contribution in [0.1, 0.15) is 35.2 Å². The number of benzene rings is 2. The molecule has 3 heterocycles. The number of nitrogens with zero attached hydrogens (tertiary/aromatic N) is 3. The number of carbonyl (C=O) groups excluding carboxylic acids is 1. The van der Waals surface area contributed by atoms with Crippen molar-refractivity contribution in [3.05, 3.63) is 83.2 Å². The topological polar surface area (TPSA) is 67.6 Å². The third kappa shape index (κ3) is 3.89. The molecule has 0 atom stereocenters. The number of hydrogen-bond donors (Lipinski definition) is 1. The molecule has 2 aromatic carbocycles. The molecule has 0 saturated carbocycles. The minimum absolute atomic E-state index is 0.0183. The number of rotatable bonds is 4.